The Bertz CT molecular complexity index is 567. The van der Waals surface area contributed by atoms with E-state index in [1.54, 1.807) is 0 Å². The number of carbonyl (C=O) groups excluding carboxylic acids is 1. The number of carbonyl (C=O) groups is 1. The lowest BCUT2D eigenvalue weighted by atomic mass is 10.2. The molecule has 1 aromatic rings. The number of hydrogen-bond acceptors (Lipinski definition) is 5. The van der Waals surface area contributed by atoms with Crippen LogP contribution >= 0.6 is 0 Å². The molecule has 0 aromatic heterocycles. The van der Waals surface area contributed by atoms with Gasteiger partial charge in [0.2, 0.25) is 10.0 Å². The van der Waals surface area contributed by atoms with Gasteiger partial charge in [0.1, 0.15) is 5.56 Å². The second-order valence-electron chi connectivity index (χ2n) is 3.31. The fourth-order valence-corrected chi connectivity index (χ4v) is 1.53. The van der Waals surface area contributed by atoms with E-state index in [1.165, 1.54) is 18.2 Å². The predicted octanol–water partition coefficient (Wildman–Crippen LogP) is 0.626. The average molecular weight is 258 g/mol. The van der Waals surface area contributed by atoms with Gasteiger partial charge in [0.25, 0.3) is 11.6 Å². The molecule has 0 aliphatic carbocycles. The standard InChI is InChI=1S/C9H10N2O5S/c1-10(17(2,15)16)9(12)7-5-3-4-6-8(7)11(13)14/h3-6H,1-2H3. The molecule has 1 amide bonds. The first-order chi connectivity index (χ1) is 7.75. The van der Waals surface area contributed by atoms with Gasteiger partial charge < -0.3 is 0 Å². The largest absolute Gasteiger partial charge is 0.282 e. The van der Waals surface area contributed by atoms with E-state index < -0.39 is 26.5 Å². The number of hydrogen-bond donors (Lipinski definition) is 0. The van der Waals surface area contributed by atoms with Crippen LogP contribution in [0.1, 0.15) is 10.4 Å². The van der Waals surface area contributed by atoms with Crippen molar-refractivity contribution in [3.8, 4) is 0 Å². The highest BCUT2D eigenvalue weighted by Crippen LogP contribution is 2.19. The summed E-state index contributed by atoms with van der Waals surface area (Å²) in [6.07, 6.45) is 0.847. The molecule has 0 heterocycles. The number of nitrogens with zero attached hydrogens (tertiary/aromatic N) is 2. The molecule has 0 atom stereocenters. The van der Waals surface area contributed by atoms with E-state index in [0.717, 1.165) is 19.4 Å². The molecule has 0 fully saturated rings. The van der Waals surface area contributed by atoms with Gasteiger partial charge in [-0.2, -0.15) is 0 Å². The fourth-order valence-electron chi connectivity index (χ4n) is 1.13. The predicted molar refractivity (Wildman–Crippen MR) is 60.0 cm³/mol. The molecule has 7 nitrogen and oxygen atoms in total. The zero-order valence-electron chi connectivity index (χ0n) is 9.15. The van der Waals surface area contributed by atoms with Crippen LogP contribution in [0.5, 0.6) is 0 Å². The fraction of sp³-hybridized carbons (Fsp3) is 0.222. The van der Waals surface area contributed by atoms with E-state index in [-0.39, 0.29) is 5.56 Å². The van der Waals surface area contributed by atoms with Crippen molar-refractivity contribution in [1.82, 2.24) is 4.31 Å². The molecule has 17 heavy (non-hydrogen) atoms. The van der Waals surface area contributed by atoms with Gasteiger partial charge >= 0.3 is 0 Å². The Morgan fingerprint density at radius 1 is 1.35 bits per heavy atom. The van der Waals surface area contributed by atoms with Gasteiger partial charge in [0.15, 0.2) is 0 Å². The van der Waals surface area contributed by atoms with E-state index in [9.17, 15) is 23.3 Å². The van der Waals surface area contributed by atoms with E-state index in [4.69, 9.17) is 0 Å². The van der Waals surface area contributed by atoms with Crippen molar-refractivity contribution in [2.75, 3.05) is 13.3 Å². The summed E-state index contributed by atoms with van der Waals surface area (Å²) in [6, 6.07) is 5.18. The Morgan fingerprint density at radius 2 is 1.88 bits per heavy atom. The SMILES string of the molecule is CN(C(=O)c1ccccc1[N+](=O)[O-])S(C)(=O)=O. The van der Waals surface area contributed by atoms with Gasteiger partial charge in [-0.15, -0.1) is 0 Å². The number of sulfonamides is 1. The maximum Gasteiger partial charge on any atom is 0.282 e. The van der Waals surface area contributed by atoms with E-state index in [0.29, 0.717) is 4.31 Å². The van der Waals surface area contributed by atoms with Crippen molar-refractivity contribution in [3.63, 3.8) is 0 Å². The molecule has 1 aromatic carbocycles. The van der Waals surface area contributed by atoms with E-state index in [1.807, 2.05) is 0 Å². The molecule has 1 rings (SSSR count). The highest BCUT2D eigenvalue weighted by molar-refractivity contribution is 7.88. The maximum absolute atomic E-state index is 11.8. The monoisotopic (exact) mass is 258 g/mol. The van der Waals surface area contributed by atoms with Crippen molar-refractivity contribution < 1.29 is 18.1 Å². The van der Waals surface area contributed by atoms with Gasteiger partial charge in [-0.05, 0) is 6.07 Å². The van der Waals surface area contributed by atoms with Gasteiger partial charge in [-0.3, -0.25) is 14.9 Å². The van der Waals surface area contributed by atoms with E-state index in [2.05, 4.69) is 0 Å². The Hall–Kier alpha value is -1.96. The van der Waals surface area contributed by atoms with Crippen molar-refractivity contribution in [2.45, 2.75) is 0 Å². The minimum absolute atomic E-state index is 0.259. The summed E-state index contributed by atoms with van der Waals surface area (Å²) in [6.45, 7) is 0. The van der Waals surface area contributed by atoms with Gasteiger partial charge in [-0.1, -0.05) is 12.1 Å². The molecule has 0 N–H and O–H groups in total. The first-order valence-corrected chi connectivity index (χ1v) is 6.31. The molecule has 0 saturated heterocycles. The molecule has 0 aliphatic heterocycles. The topological polar surface area (TPSA) is 97.6 Å². The van der Waals surface area contributed by atoms with Crippen LogP contribution in [-0.4, -0.2) is 36.9 Å². The summed E-state index contributed by atoms with van der Waals surface area (Å²) < 4.78 is 22.8. The molecule has 8 heteroatoms. The van der Waals surface area contributed by atoms with Crippen molar-refractivity contribution in [1.29, 1.82) is 0 Å². The van der Waals surface area contributed by atoms with Crippen molar-refractivity contribution >= 4 is 21.6 Å². The van der Waals surface area contributed by atoms with Crippen LogP contribution in [0, 0.1) is 10.1 Å². The molecule has 0 saturated carbocycles. The van der Waals surface area contributed by atoms with Crippen LogP contribution < -0.4 is 0 Å². The van der Waals surface area contributed by atoms with Crippen LogP contribution in [0.25, 0.3) is 0 Å². The Labute approximate surface area is 97.9 Å². The van der Waals surface area contributed by atoms with Gasteiger partial charge in [0, 0.05) is 13.1 Å². The minimum atomic E-state index is -3.73. The molecule has 92 valence electrons. The average Bonchev–Trinajstić information content (AvgIpc) is 2.25. The summed E-state index contributed by atoms with van der Waals surface area (Å²) in [5.41, 5.74) is -0.682. The number of benzene rings is 1. The van der Waals surface area contributed by atoms with Crippen LogP contribution in [0.2, 0.25) is 0 Å². The zero-order chi connectivity index (χ0) is 13.2. The number of rotatable bonds is 3. The summed E-state index contributed by atoms with van der Waals surface area (Å²) in [4.78, 5) is 21.7. The summed E-state index contributed by atoms with van der Waals surface area (Å²) in [5.74, 6) is -0.931. The van der Waals surface area contributed by atoms with Crippen LogP contribution in [-0.2, 0) is 10.0 Å². The Balaban J connectivity index is 3.27. The lowest BCUT2D eigenvalue weighted by molar-refractivity contribution is -0.385. The number of nitro benzene ring substituents is 1. The van der Waals surface area contributed by atoms with Crippen LogP contribution in [0.15, 0.2) is 24.3 Å². The van der Waals surface area contributed by atoms with Gasteiger partial charge in [-0.25, -0.2) is 12.7 Å². The smallest absolute Gasteiger partial charge is 0.268 e. The first kappa shape index (κ1) is 13.1. The third-order valence-corrected chi connectivity index (χ3v) is 3.28. The lowest BCUT2D eigenvalue weighted by Crippen LogP contribution is -2.32. The molecule has 0 bridgehead atoms. The summed E-state index contributed by atoms with van der Waals surface area (Å²) in [5, 5.41) is 10.7. The third kappa shape index (κ3) is 2.78. The first-order valence-electron chi connectivity index (χ1n) is 4.47. The second-order valence-corrected chi connectivity index (χ2v) is 5.32. The minimum Gasteiger partial charge on any atom is -0.268 e. The molecule has 0 unspecified atom stereocenters. The van der Waals surface area contributed by atoms with Crippen LogP contribution in [0.3, 0.4) is 0 Å². The molecular formula is C9H10N2O5S. The highest BCUT2D eigenvalue weighted by Gasteiger charge is 2.26. The zero-order valence-corrected chi connectivity index (χ0v) is 9.97. The number of nitro groups is 1. The normalized spacial score (nSPS) is 10.9. The van der Waals surface area contributed by atoms with Crippen LogP contribution in [0.4, 0.5) is 5.69 Å². The summed E-state index contributed by atoms with van der Waals surface area (Å²) in [7, 11) is -2.68. The number of amides is 1. The molecular weight excluding hydrogens is 248 g/mol. The third-order valence-electron chi connectivity index (χ3n) is 2.11. The molecule has 0 radical (unpaired) electrons. The summed E-state index contributed by atoms with van der Waals surface area (Å²) >= 11 is 0. The maximum atomic E-state index is 11.8. The van der Waals surface area contributed by atoms with Gasteiger partial charge in [0.05, 0.1) is 11.2 Å². The number of para-hydroxylation sites is 1. The quantitative estimate of drug-likeness (QED) is 0.585. The van der Waals surface area contributed by atoms with Crippen molar-refractivity contribution in [2.24, 2.45) is 0 Å². The molecule has 0 aliphatic rings. The lowest BCUT2D eigenvalue weighted by Gasteiger charge is -2.14. The van der Waals surface area contributed by atoms with Crippen molar-refractivity contribution in [3.05, 3.63) is 39.9 Å². The van der Waals surface area contributed by atoms with E-state index >= 15 is 0 Å². The Morgan fingerprint density at radius 3 is 2.35 bits per heavy atom. The highest BCUT2D eigenvalue weighted by atomic mass is 32.2. The molecule has 0 spiro atoms. The second kappa shape index (κ2) is 4.50. The Kier molecular flexibility index (Phi) is 3.47.